The number of hydrogen-bond acceptors (Lipinski definition) is 3. The van der Waals surface area contributed by atoms with Crippen LogP contribution in [0.5, 0.6) is 5.75 Å². The smallest absolute Gasteiger partial charge is 0.203 e. The van der Waals surface area contributed by atoms with Crippen molar-refractivity contribution in [3.63, 3.8) is 0 Å². The second kappa shape index (κ2) is 5.24. The van der Waals surface area contributed by atoms with Crippen LogP contribution in [0.3, 0.4) is 0 Å². The Hall–Kier alpha value is -1.18. The molecule has 0 atom stereocenters. The van der Waals surface area contributed by atoms with Gasteiger partial charge in [0.15, 0.2) is 0 Å². The van der Waals surface area contributed by atoms with Crippen molar-refractivity contribution in [2.75, 3.05) is 0 Å². The molecule has 0 aliphatic carbocycles. The molecular weight excluding hydrogens is 218 g/mol. The molecule has 0 N–H and O–H groups in total. The van der Waals surface area contributed by atoms with Crippen LogP contribution < -0.4 is 4.74 Å². The van der Waals surface area contributed by atoms with E-state index in [9.17, 15) is 0 Å². The largest absolute Gasteiger partial charge is 0.466 e. The van der Waals surface area contributed by atoms with Crippen molar-refractivity contribution in [3.8, 4) is 5.75 Å². The first-order valence-electron chi connectivity index (χ1n) is 5.32. The van der Waals surface area contributed by atoms with Crippen molar-refractivity contribution in [2.24, 2.45) is 4.99 Å². The summed E-state index contributed by atoms with van der Waals surface area (Å²) in [6.45, 7) is 8.03. The van der Waals surface area contributed by atoms with Crippen molar-refractivity contribution in [1.82, 2.24) is 0 Å². The van der Waals surface area contributed by atoms with Gasteiger partial charge in [-0.25, -0.2) is 0 Å². The number of benzene rings is 1. The average Bonchev–Trinajstić information content (AvgIpc) is 2.17. The highest BCUT2D eigenvalue weighted by Gasteiger charge is 2.17. The monoisotopic (exact) mass is 235 g/mol. The van der Waals surface area contributed by atoms with E-state index in [0.717, 1.165) is 5.75 Å². The molecule has 0 unspecified atom stereocenters. The van der Waals surface area contributed by atoms with Crippen LogP contribution in [0.25, 0.3) is 0 Å². The van der Waals surface area contributed by atoms with E-state index in [0.29, 0.717) is 5.92 Å². The first kappa shape index (κ1) is 12.9. The lowest BCUT2D eigenvalue weighted by atomic mass is 10.0. The van der Waals surface area contributed by atoms with Crippen molar-refractivity contribution < 1.29 is 4.74 Å². The van der Waals surface area contributed by atoms with E-state index in [4.69, 9.17) is 4.74 Å². The van der Waals surface area contributed by atoms with E-state index >= 15 is 0 Å². The lowest BCUT2D eigenvalue weighted by molar-refractivity contribution is 0.121. The van der Waals surface area contributed by atoms with Crippen LogP contribution in [-0.4, -0.2) is 10.9 Å². The van der Waals surface area contributed by atoms with Crippen LogP contribution in [0.4, 0.5) is 0 Å². The molecular formula is C13H17NOS. The highest BCUT2D eigenvalue weighted by atomic mass is 32.1. The third kappa shape index (κ3) is 3.76. The molecule has 0 amide bonds. The third-order valence-corrected chi connectivity index (χ3v) is 2.32. The summed E-state index contributed by atoms with van der Waals surface area (Å²) in [5, 5.41) is 2.34. The number of hydrogen-bond donors (Lipinski definition) is 0. The quantitative estimate of drug-likeness (QED) is 0.580. The predicted molar refractivity (Wildman–Crippen MR) is 70.3 cm³/mol. The Kier molecular flexibility index (Phi) is 4.22. The van der Waals surface area contributed by atoms with Crippen molar-refractivity contribution in [2.45, 2.75) is 39.3 Å². The van der Waals surface area contributed by atoms with Gasteiger partial charge in [-0.2, -0.15) is 4.99 Å². The van der Waals surface area contributed by atoms with E-state index in [1.807, 2.05) is 26.0 Å². The van der Waals surface area contributed by atoms with Crippen LogP contribution in [0.1, 0.15) is 39.2 Å². The molecule has 0 heterocycles. The van der Waals surface area contributed by atoms with Crippen LogP contribution in [0, 0.1) is 0 Å². The summed E-state index contributed by atoms with van der Waals surface area (Å²) in [7, 11) is 0. The number of ether oxygens (including phenoxy) is 1. The highest BCUT2D eigenvalue weighted by Crippen LogP contribution is 2.22. The minimum Gasteiger partial charge on any atom is -0.466 e. The summed E-state index contributed by atoms with van der Waals surface area (Å²) in [6, 6.07) is 8.04. The maximum atomic E-state index is 5.68. The number of nitrogens with zero attached hydrogens (tertiary/aromatic N) is 1. The summed E-state index contributed by atoms with van der Waals surface area (Å²) in [5.41, 5.74) is 0.643. The van der Waals surface area contributed by atoms with Gasteiger partial charge < -0.3 is 4.74 Å². The maximum absolute atomic E-state index is 5.68. The second-order valence-corrected chi connectivity index (χ2v) is 4.66. The zero-order chi connectivity index (χ0) is 12.2. The molecule has 0 saturated carbocycles. The Balaban J connectivity index is 2.79. The molecule has 16 heavy (non-hydrogen) atoms. The van der Waals surface area contributed by atoms with Crippen LogP contribution in [0.15, 0.2) is 29.3 Å². The SMILES string of the molecule is CC(C)c1ccc(OC(C)(C)N=C=S)cc1. The van der Waals surface area contributed by atoms with Gasteiger partial charge >= 0.3 is 0 Å². The summed E-state index contributed by atoms with van der Waals surface area (Å²) in [5.74, 6) is 1.32. The molecule has 0 saturated heterocycles. The van der Waals surface area contributed by atoms with Gasteiger partial charge in [0.25, 0.3) is 0 Å². The molecule has 0 aromatic heterocycles. The van der Waals surface area contributed by atoms with Gasteiger partial charge in [0.2, 0.25) is 5.72 Å². The van der Waals surface area contributed by atoms with E-state index < -0.39 is 5.72 Å². The number of aliphatic imine (C=N–C) groups is 1. The van der Waals surface area contributed by atoms with Crippen LogP contribution in [0.2, 0.25) is 0 Å². The zero-order valence-corrected chi connectivity index (χ0v) is 11.0. The van der Waals surface area contributed by atoms with Crippen molar-refractivity contribution >= 4 is 17.4 Å². The van der Waals surface area contributed by atoms with Crippen LogP contribution in [-0.2, 0) is 0 Å². The first-order valence-corrected chi connectivity index (χ1v) is 5.73. The number of thiocarbonyl (C=S) groups is 1. The van der Waals surface area contributed by atoms with Gasteiger partial charge in [-0.05, 0) is 49.7 Å². The van der Waals surface area contributed by atoms with E-state index in [1.54, 1.807) is 0 Å². The molecule has 0 aliphatic heterocycles. The summed E-state index contributed by atoms with van der Waals surface area (Å²) in [4.78, 5) is 3.95. The molecule has 2 nitrogen and oxygen atoms in total. The summed E-state index contributed by atoms with van der Waals surface area (Å²) in [6.07, 6.45) is 0. The lowest BCUT2D eigenvalue weighted by Gasteiger charge is -2.20. The van der Waals surface area contributed by atoms with Gasteiger partial charge in [-0.3, -0.25) is 0 Å². The molecule has 0 bridgehead atoms. The molecule has 0 radical (unpaired) electrons. The third-order valence-electron chi connectivity index (χ3n) is 2.23. The second-order valence-electron chi connectivity index (χ2n) is 4.48. The molecule has 0 spiro atoms. The normalized spacial score (nSPS) is 11.1. The Morgan fingerprint density at radius 1 is 1.25 bits per heavy atom. The Bertz CT molecular complexity index is 389. The van der Waals surface area contributed by atoms with Crippen molar-refractivity contribution in [3.05, 3.63) is 29.8 Å². The highest BCUT2D eigenvalue weighted by molar-refractivity contribution is 7.78. The summed E-state index contributed by atoms with van der Waals surface area (Å²) >= 11 is 4.57. The van der Waals surface area contributed by atoms with E-state index in [2.05, 4.69) is 48.4 Å². The fourth-order valence-electron chi connectivity index (χ4n) is 1.34. The molecule has 3 heteroatoms. The molecule has 86 valence electrons. The Morgan fingerprint density at radius 2 is 1.81 bits per heavy atom. The number of isothiocyanates is 1. The summed E-state index contributed by atoms with van der Waals surface area (Å²) < 4.78 is 5.68. The molecule has 1 aromatic carbocycles. The van der Waals surface area contributed by atoms with Crippen LogP contribution >= 0.6 is 12.2 Å². The molecule has 1 aromatic rings. The fourth-order valence-corrected chi connectivity index (χ4v) is 1.56. The van der Waals surface area contributed by atoms with E-state index in [1.165, 1.54) is 5.56 Å². The fraction of sp³-hybridized carbons (Fsp3) is 0.462. The van der Waals surface area contributed by atoms with E-state index in [-0.39, 0.29) is 0 Å². The van der Waals surface area contributed by atoms with Crippen molar-refractivity contribution in [1.29, 1.82) is 0 Å². The molecule has 0 fully saturated rings. The van der Waals surface area contributed by atoms with Gasteiger partial charge in [0.1, 0.15) is 5.75 Å². The Labute approximate surface area is 102 Å². The first-order chi connectivity index (χ1) is 7.44. The Morgan fingerprint density at radius 3 is 2.25 bits per heavy atom. The molecule has 1 rings (SSSR count). The predicted octanol–water partition coefficient (Wildman–Crippen LogP) is 4.03. The molecule has 0 aliphatic rings. The van der Waals surface area contributed by atoms with Gasteiger partial charge in [-0.15, -0.1) is 0 Å². The average molecular weight is 235 g/mol. The zero-order valence-electron chi connectivity index (χ0n) is 10.2. The minimum absolute atomic E-state index is 0.529. The van der Waals surface area contributed by atoms with Gasteiger partial charge in [-0.1, -0.05) is 26.0 Å². The standard InChI is InChI=1S/C13H17NOS/c1-10(2)11-5-7-12(8-6-11)15-13(3,4)14-9-16/h5-8,10H,1-4H3. The topological polar surface area (TPSA) is 21.6 Å². The number of rotatable bonds is 4. The maximum Gasteiger partial charge on any atom is 0.203 e. The van der Waals surface area contributed by atoms with Gasteiger partial charge in [0.05, 0.1) is 5.16 Å². The lowest BCUT2D eigenvalue weighted by Crippen LogP contribution is -2.24. The minimum atomic E-state index is -0.652. The van der Waals surface area contributed by atoms with Gasteiger partial charge in [0, 0.05) is 0 Å².